The summed E-state index contributed by atoms with van der Waals surface area (Å²) >= 11 is 0. The van der Waals surface area contributed by atoms with E-state index in [0.29, 0.717) is 5.89 Å². The third-order valence-corrected chi connectivity index (χ3v) is 4.61. The summed E-state index contributed by atoms with van der Waals surface area (Å²) in [5.41, 5.74) is 3.23. The highest BCUT2D eigenvalue weighted by Gasteiger charge is 2.32. The van der Waals surface area contributed by atoms with Gasteiger partial charge in [-0.1, -0.05) is 54.6 Å². The molecule has 0 saturated heterocycles. The maximum absolute atomic E-state index is 10.5. The molecule has 3 aromatic rings. The summed E-state index contributed by atoms with van der Waals surface area (Å²) in [6.07, 6.45) is 2.07. The fraction of sp³-hybridized carbons (Fsp3) is 0.250. The number of hydrogen-bond acceptors (Lipinski definition) is 4. The third kappa shape index (κ3) is 2.75. The van der Waals surface area contributed by atoms with Crippen LogP contribution in [-0.2, 0) is 6.42 Å². The first kappa shape index (κ1) is 15.1. The van der Waals surface area contributed by atoms with Crippen molar-refractivity contribution in [3.8, 4) is 11.3 Å². The van der Waals surface area contributed by atoms with Crippen molar-refractivity contribution in [2.45, 2.75) is 31.5 Å². The van der Waals surface area contributed by atoms with Gasteiger partial charge in [-0.2, -0.15) is 0 Å². The monoisotopic (exact) mass is 320 g/mol. The number of hydrogen-bond donors (Lipinski definition) is 2. The van der Waals surface area contributed by atoms with E-state index in [1.165, 1.54) is 5.56 Å². The minimum Gasteiger partial charge on any atom is -0.439 e. The summed E-state index contributed by atoms with van der Waals surface area (Å²) in [7, 11) is 0. The van der Waals surface area contributed by atoms with Crippen molar-refractivity contribution >= 4 is 0 Å². The summed E-state index contributed by atoms with van der Waals surface area (Å²) < 4.78 is 5.90. The molecule has 1 heterocycles. The smallest absolute Gasteiger partial charge is 0.211 e. The van der Waals surface area contributed by atoms with Crippen molar-refractivity contribution in [1.29, 1.82) is 0 Å². The molecule has 0 fully saturated rings. The van der Waals surface area contributed by atoms with Crippen molar-refractivity contribution in [2.24, 2.45) is 0 Å². The molecule has 0 unspecified atom stereocenters. The quantitative estimate of drug-likeness (QED) is 0.770. The standard InChI is InChI=1S/C20H20N2O2/c1-13(20-21-12-18(24-20)14-7-3-2-4-8-14)22-17-11-15-9-5-6-10-16(15)19(17)23/h2-10,12-13,17,19,22-23H,11H2,1H3/t13-,17-,19-/m0/s1. The zero-order chi connectivity index (χ0) is 16.5. The lowest BCUT2D eigenvalue weighted by molar-refractivity contribution is 0.133. The SMILES string of the molecule is C[C@H](N[C@H]1Cc2ccccc2[C@@H]1O)c1ncc(-c2ccccc2)o1. The lowest BCUT2D eigenvalue weighted by Crippen LogP contribution is -2.35. The second-order valence-electron chi connectivity index (χ2n) is 6.27. The topological polar surface area (TPSA) is 58.3 Å². The van der Waals surface area contributed by atoms with E-state index in [4.69, 9.17) is 4.42 Å². The van der Waals surface area contributed by atoms with Gasteiger partial charge in [0.15, 0.2) is 5.76 Å². The highest BCUT2D eigenvalue weighted by Crippen LogP contribution is 2.32. The molecule has 2 N–H and O–H groups in total. The second-order valence-corrected chi connectivity index (χ2v) is 6.27. The Morgan fingerprint density at radius 3 is 2.67 bits per heavy atom. The minimum atomic E-state index is -0.493. The first-order chi connectivity index (χ1) is 11.7. The van der Waals surface area contributed by atoms with E-state index in [9.17, 15) is 5.11 Å². The Morgan fingerprint density at radius 1 is 1.12 bits per heavy atom. The van der Waals surface area contributed by atoms with Gasteiger partial charge in [0.05, 0.1) is 18.3 Å². The molecule has 0 radical (unpaired) electrons. The summed E-state index contributed by atoms with van der Waals surface area (Å²) in [6, 6.07) is 17.9. The van der Waals surface area contributed by atoms with Crippen molar-refractivity contribution < 1.29 is 9.52 Å². The van der Waals surface area contributed by atoms with Gasteiger partial charge in [0.25, 0.3) is 0 Å². The Bertz CT molecular complexity index is 828. The van der Waals surface area contributed by atoms with Crippen molar-refractivity contribution in [3.05, 3.63) is 77.8 Å². The predicted octanol–water partition coefficient (Wildman–Crippen LogP) is 3.65. The fourth-order valence-electron chi connectivity index (χ4n) is 3.34. The first-order valence-electron chi connectivity index (χ1n) is 8.25. The number of aliphatic hydroxyl groups is 1. The van der Waals surface area contributed by atoms with Crippen LogP contribution in [0.3, 0.4) is 0 Å². The average molecular weight is 320 g/mol. The summed E-state index contributed by atoms with van der Waals surface area (Å²) in [5, 5.41) is 14.0. The van der Waals surface area contributed by atoms with Gasteiger partial charge in [-0.3, -0.25) is 0 Å². The second kappa shape index (κ2) is 6.23. The minimum absolute atomic E-state index is 0.0236. The normalized spacial score (nSPS) is 20.8. The van der Waals surface area contributed by atoms with E-state index >= 15 is 0 Å². The highest BCUT2D eigenvalue weighted by molar-refractivity contribution is 5.55. The van der Waals surface area contributed by atoms with Crippen LogP contribution in [0.2, 0.25) is 0 Å². The van der Waals surface area contributed by atoms with Crippen LogP contribution in [0.5, 0.6) is 0 Å². The van der Waals surface area contributed by atoms with E-state index in [-0.39, 0.29) is 12.1 Å². The molecule has 122 valence electrons. The highest BCUT2D eigenvalue weighted by atomic mass is 16.4. The van der Waals surface area contributed by atoms with E-state index in [1.54, 1.807) is 6.20 Å². The number of fused-ring (bicyclic) bond motifs is 1. The van der Waals surface area contributed by atoms with Crippen molar-refractivity contribution in [2.75, 3.05) is 0 Å². The van der Waals surface area contributed by atoms with Gasteiger partial charge in [-0.05, 0) is 24.5 Å². The molecule has 1 aromatic heterocycles. The number of benzene rings is 2. The molecule has 1 aliphatic rings. The maximum Gasteiger partial charge on any atom is 0.211 e. The van der Waals surface area contributed by atoms with E-state index in [0.717, 1.165) is 23.3 Å². The molecule has 4 rings (SSSR count). The van der Waals surface area contributed by atoms with E-state index < -0.39 is 6.10 Å². The largest absolute Gasteiger partial charge is 0.439 e. The van der Waals surface area contributed by atoms with Crippen LogP contribution in [0.1, 0.15) is 36.1 Å². The molecule has 4 nitrogen and oxygen atoms in total. The molecule has 3 atom stereocenters. The Kier molecular flexibility index (Phi) is 3.92. The van der Waals surface area contributed by atoms with Crippen molar-refractivity contribution in [1.82, 2.24) is 10.3 Å². The first-order valence-corrected chi connectivity index (χ1v) is 8.25. The predicted molar refractivity (Wildman–Crippen MR) is 92.4 cm³/mol. The molecule has 4 heteroatoms. The molecular weight excluding hydrogens is 300 g/mol. The van der Waals surface area contributed by atoms with Crippen LogP contribution in [0.25, 0.3) is 11.3 Å². The van der Waals surface area contributed by atoms with Gasteiger partial charge in [0.1, 0.15) is 0 Å². The van der Waals surface area contributed by atoms with Gasteiger partial charge in [-0.15, -0.1) is 0 Å². The van der Waals surface area contributed by atoms with Crippen LogP contribution in [0.4, 0.5) is 0 Å². The maximum atomic E-state index is 10.5. The molecule has 0 saturated carbocycles. The summed E-state index contributed by atoms with van der Waals surface area (Å²) in [6.45, 7) is 2.01. The molecule has 24 heavy (non-hydrogen) atoms. The molecule has 0 amide bonds. The molecule has 0 bridgehead atoms. The molecule has 2 aromatic carbocycles. The van der Waals surface area contributed by atoms with Gasteiger partial charge < -0.3 is 14.8 Å². The van der Waals surface area contributed by atoms with Crippen LogP contribution in [-0.4, -0.2) is 16.1 Å². The molecule has 0 spiro atoms. The number of nitrogens with one attached hydrogen (secondary N) is 1. The van der Waals surface area contributed by atoms with Gasteiger partial charge in [0.2, 0.25) is 5.89 Å². The van der Waals surface area contributed by atoms with Gasteiger partial charge in [0, 0.05) is 11.6 Å². The fourth-order valence-corrected chi connectivity index (χ4v) is 3.34. The summed E-state index contributed by atoms with van der Waals surface area (Å²) in [4.78, 5) is 4.40. The molecular formula is C20H20N2O2. The Morgan fingerprint density at radius 2 is 1.88 bits per heavy atom. The van der Waals surface area contributed by atoms with Crippen LogP contribution in [0.15, 0.2) is 65.2 Å². The van der Waals surface area contributed by atoms with Crippen LogP contribution < -0.4 is 5.32 Å². The lowest BCUT2D eigenvalue weighted by Gasteiger charge is -2.20. The zero-order valence-electron chi connectivity index (χ0n) is 13.5. The van der Waals surface area contributed by atoms with E-state index in [2.05, 4.69) is 16.4 Å². The third-order valence-electron chi connectivity index (χ3n) is 4.61. The van der Waals surface area contributed by atoms with Crippen LogP contribution in [0, 0.1) is 0 Å². The van der Waals surface area contributed by atoms with Gasteiger partial charge in [-0.25, -0.2) is 4.98 Å². The number of aromatic nitrogens is 1. The number of rotatable bonds is 4. The Labute approximate surface area is 141 Å². The average Bonchev–Trinajstić information content (AvgIpc) is 3.22. The van der Waals surface area contributed by atoms with Crippen molar-refractivity contribution in [3.63, 3.8) is 0 Å². The molecule has 0 aliphatic heterocycles. The van der Waals surface area contributed by atoms with E-state index in [1.807, 2.05) is 55.5 Å². The van der Waals surface area contributed by atoms with Gasteiger partial charge >= 0.3 is 0 Å². The Balaban J connectivity index is 1.48. The number of aliphatic hydroxyl groups excluding tert-OH is 1. The lowest BCUT2D eigenvalue weighted by atomic mass is 10.1. The number of nitrogens with zero attached hydrogens (tertiary/aromatic N) is 1. The zero-order valence-corrected chi connectivity index (χ0v) is 13.5. The summed E-state index contributed by atoms with van der Waals surface area (Å²) in [5.74, 6) is 1.39. The molecule has 1 aliphatic carbocycles. The Hall–Kier alpha value is -2.43. The number of oxazole rings is 1. The van der Waals surface area contributed by atoms with Crippen LogP contribution >= 0.6 is 0 Å².